The van der Waals surface area contributed by atoms with E-state index >= 15 is 0 Å². The number of nitrogens with zero attached hydrogens (tertiary/aromatic N) is 3. The standard InChI is InChI=1S/C30H39N3O3/c1-4-25(2)33(29(34)18-17-26-12-7-5-8-13-26)24-30(35)32(20-21-36-3)23-28-16-11-19-31(28)22-27-14-9-6-10-15-27/h5-16,19,25H,4,17-18,20-24H2,1-3H3. The molecule has 0 aliphatic carbocycles. The minimum Gasteiger partial charge on any atom is -0.383 e. The van der Waals surface area contributed by atoms with Crippen molar-refractivity contribution in [3.05, 3.63) is 95.8 Å². The normalized spacial score (nSPS) is 11.8. The van der Waals surface area contributed by atoms with Gasteiger partial charge in [0.05, 0.1) is 13.2 Å². The molecule has 0 spiro atoms. The smallest absolute Gasteiger partial charge is 0.242 e. The molecule has 1 atom stereocenters. The quantitative estimate of drug-likeness (QED) is 0.328. The van der Waals surface area contributed by atoms with Crippen LogP contribution >= 0.6 is 0 Å². The second kappa shape index (κ2) is 14.2. The number of aromatic nitrogens is 1. The highest BCUT2D eigenvalue weighted by Crippen LogP contribution is 2.14. The number of ether oxygens (including phenoxy) is 1. The maximum atomic E-state index is 13.5. The molecule has 0 fully saturated rings. The summed E-state index contributed by atoms with van der Waals surface area (Å²) in [6.07, 6.45) is 3.89. The summed E-state index contributed by atoms with van der Waals surface area (Å²) in [6, 6.07) is 24.3. The van der Waals surface area contributed by atoms with Gasteiger partial charge < -0.3 is 19.1 Å². The van der Waals surface area contributed by atoms with E-state index in [1.807, 2.05) is 80.7 Å². The van der Waals surface area contributed by atoms with Crippen molar-refractivity contribution < 1.29 is 14.3 Å². The molecular weight excluding hydrogens is 450 g/mol. The van der Waals surface area contributed by atoms with Crippen molar-refractivity contribution in [2.45, 2.75) is 52.2 Å². The molecule has 36 heavy (non-hydrogen) atoms. The van der Waals surface area contributed by atoms with Crippen LogP contribution in [-0.2, 0) is 33.8 Å². The lowest BCUT2D eigenvalue weighted by Crippen LogP contribution is -2.47. The van der Waals surface area contributed by atoms with E-state index in [0.29, 0.717) is 32.5 Å². The molecule has 0 saturated heterocycles. The second-order valence-electron chi connectivity index (χ2n) is 9.19. The summed E-state index contributed by atoms with van der Waals surface area (Å²) in [4.78, 5) is 30.3. The molecule has 1 heterocycles. The molecule has 1 aromatic heterocycles. The van der Waals surface area contributed by atoms with Crippen molar-refractivity contribution in [2.75, 3.05) is 26.8 Å². The first-order valence-corrected chi connectivity index (χ1v) is 12.8. The van der Waals surface area contributed by atoms with Gasteiger partial charge in [0.25, 0.3) is 0 Å². The maximum Gasteiger partial charge on any atom is 0.242 e. The summed E-state index contributed by atoms with van der Waals surface area (Å²) in [5.74, 6) is -0.0476. The Labute approximate surface area is 215 Å². The van der Waals surface area contributed by atoms with Crippen LogP contribution in [0.3, 0.4) is 0 Å². The van der Waals surface area contributed by atoms with Crippen LogP contribution in [0.2, 0.25) is 0 Å². The highest BCUT2D eigenvalue weighted by molar-refractivity contribution is 5.85. The predicted octanol–water partition coefficient (Wildman–Crippen LogP) is 4.77. The zero-order valence-electron chi connectivity index (χ0n) is 21.8. The third kappa shape index (κ3) is 8.09. The Hall–Kier alpha value is -3.38. The van der Waals surface area contributed by atoms with Crippen molar-refractivity contribution in [1.82, 2.24) is 14.4 Å². The van der Waals surface area contributed by atoms with E-state index in [-0.39, 0.29) is 24.4 Å². The summed E-state index contributed by atoms with van der Waals surface area (Å²) >= 11 is 0. The number of hydrogen-bond acceptors (Lipinski definition) is 3. The Morgan fingerprint density at radius 2 is 1.58 bits per heavy atom. The van der Waals surface area contributed by atoms with Crippen molar-refractivity contribution in [1.29, 1.82) is 0 Å². The zero-order chi connectivity index (χ0) is 25.8. The number of rotatable bonds is 14. The van der Waals surface area contributed by atoms with Gasteiger partial charge in [0.15, 0.2) is 0 Å². The SMILES string of the molecule is CCC(C)N(CC(=O)N(CCOC)Cc1cccn1Cc1ccccc1)C(=O)CCc1ccccc1. The van der Waals surface area contributed by atoms with E-state index in [4.69, 9.17) is 4.74 Å². The molecule has 3 aromatic rings. The van der Waals surface area contributed by atoms with E-state index in [2.05, 4.69) is 16.7 Å². The molecule has 2 aromatic carbocycles. The summed E-state index contributed by atoms with van der Waals surface area (Å²) in [5, 5.41) is 0. The maximum absolute atomic E-state index is 13.5. The zero-order valence-corrected chi connectivity index (χ0v) is 21.8. The average Bonchev–Trinajstić information content (AvgIpc) is 3.35. The molecule has 0 N–H and O–H groups in total. The Morgan fingerprint density at radius 3 is 2.22 bits per heavy atom. The van der Waals surface area contributed by atoms with Crippen molar-refractivity contribution in [3.63, 3.8) is 0 Å². The molecule has 192 valence electrons. The van der Waals surface area contributed by atoms with Crippen LogP contribution in [0.25, 0.3) is 0 Å². The number of amides is 2. The Balaban J connectivity index is 1.69. The number of carbonyl (C=O) groups is 2. The van der Waals surface area contributed by atoms with Crippen molar-refractivity contribution >= 4 is 11.8 Å². The van der Waals surface area contributed by atoms with Crippen LogP contribution in [0.4, 0.5) is 0 Å². The molecule has 3 rings (SSSR count). The largest absolute Gasteiger partial charge is 0.383 e. The lowest BCUT2D eigenvalue weighted by Gasteiger charge is -2.31. The first-order chi connectivity index (χ1) is 17.5. The summed E-state index contributed by atoms with van der Waals surface area (Å²) in [6.45, 7) is 6.26. The fraction of sp³-hybridized carbons (Fsp3) is 0.400. The molecule has 0 aliphatic rings. The van der Waals surface area contributed by atoms with Gasteiger partial charge in [0, 0.05) is 44.6 Å². The lowest BCUT2D eigenvalue weighted by molar-refractivity contribution is -0.143. The van der Waals surface area contributed by atoms with Gasteiger partial charge in [-0.2, -0.15) is 0 Å². The second-order valence-corrected chi connectivity index (χ2v) is 9.19. The number of methoxy groups -OCH3 is 1. The van der Waals surface area contributed by atoms with Crippen molar-refractivity contribution in [3.8, 4) is 0 Å². The van der Waals surface area contributed by atoms with Gasteiger partial charge in [-0.1, -0.05) is 67.6 Å². The number of carbonyl (C=O) groups excluding carboxylic acids is 2. The fourth-order valence-electron chi connectivity index (χ4n) is 4.21. The van der Waals surface area contributed by atoms with Crippen LogP contribution in [0.1, 0.15) is 43.5 Å². The molecule has 2 amide bonds. The molecule has 6 heteroatoms. The summed E-state index contributed by atoms with van der Waals surface area (Å²) in [7, 11) is 1.64. The minimum absolute atomic E-state index is 0.0107. The predicted molar refractivity (Wildman–Crippen MR) is 143 cm³/mol. The first-order valence-electron chi connectivity index (χ1n) is 12.8. The van der Waals surface area contributed by atoms with Gasteiger partial charge in [-0.3, -0.25) is 9.59 Å². The van der Waals surface area contributed by atoms with Crippen LogP contribution in [0.15, 0.2) is 79.0 Å². The van der Waals surface area contributed by atoms with Gasteiger partial charge in [0.1, 0.15) is 6.54 Å². The Morgan fingerprint density at radius 1 is 0.917 bits per heavy atom. The minimum atomic E-state index is -0.0622. The van der Waals surface area contributed by atoms with E-state index in [0.717, 1.165) is 24.2 Å². The molecule has 0 radical (unpaired) electrons. The van der Waals surface area contributed by atoms with Crippen LogP contribution in [0.5, 0.6) is 0 Å². The number of hydrogen-bond donors (Lipinski definition) is 0. The fourth-order valence-corrected chi connectivity index (χ4v) is 4.21. The average molecular weight is 490 g/mol. The van der Waals surface area contributed by atoms with E-state index in [9.17, 15) is 9.59 Å². The van der Waals surface area contributed by atoms with Crippen LogP contribution in [-0.4, -0.2) is 59.0 Å². The Bertz CT molecular complexity index is 1070. The van der Waals surface area contributed by atoms with Gasteiger partial charge in [-0.15, -0.1) is 0 Å². The molecule has 6 nitrogen and oxygen atoms in total. The first kappa shape index (κ1) is 27.2. The number of aryl methyl sites for hydroxylation is 1. The van der Waals surface area contributed by atoms with E-state index in [1.54, 1.807) is 16.9 Å². The molecule has 1 unspecified atom stereocenters. The number of benzene rings is 2. The lowest BCUT2D eigenvalue weighted by atomic mass is 10.1. The van der Waals surface area contributed by atoms with Gasteiger partial charge >= 0.3 is 0 Å². The van der Waals surface area contributed by atoms with Crippen LogP contribution in [0, 0.1) is 0 Å². The molecule has 0 bridgehead atoms. The van der Waals surface area contributed by atoms with E-state index in [1.165, 1.54) is 5.56 Å². The molecule has 0 saturated carbocycles. The highest BCUT2D eigenvalue weighted by Gasteiger charge is 2.25. The van der Waals surface area contributed by atoms with Crippen molar-refractivity contribution in [2.24, 2.45) is 0 Å². The third-order valence-electron chi connectivity index (χ3n) is 6.61. The summed E-state index contributed by atoms with van der Waals surface area (Å²) < 4.78 is 7.46. The summed E-state index contributed by atoms with van der Waals surface area (Å²) in [5.41, 5.74) is 3.38. The van der Waals surface area contributed by atoms with Gasteiger partial charge in [0.2, 0.25) is 11.8 Å². The third-order valence-corrected chi connectivity index (χ3v) is 6.61. The molecular formula is C30H39N3O3. The van der Waals surface area contributed by atoms with E-state index < -0.39 is 0 Å². The highest BCUT2D eigenvalue weighted by atomic mass is 16.5. The van der Waals surface area contributed by atoms with Crippen LogP contribution < -0.4 is 0 Å². The molecule has 0 aliphatic heterocycles. The topological polar surface area (TPSA) is 54.8 Å². The van der Waals surface area contributed by atoms with Gasteiger partial charge in [-0.05, 0) is 43.0 Å². The Kier molecular flexibility index (Phi) is 10.8. The van der Waals surface area contributed by atoms with Gasteiger partial charge in [-0.25, -0.2) is 0 Å². The monoisotopic (exact) mass is 489 g/mol.